The Morgan fingerprint density at radius 2 is 0.850 bits per heavy atom. The molecule has 9 aromatic carbocycles. The van der Waals surface area contributed by atoms with Gasteiger partial charge in [0.05, 0.1) is 11.0 Å². The zero-order valence-electron chi connectivity index (χ0n) is 32.3. The van der Waals surface area contributed by atoms with Gasteiger partial charge in [-0.05, 0) is 93.7 Å². The molecule has 280 valence electrons. The maximum atomic E-state index is 6.52. The van der Waals surface area contributed by atoms with Gasteiger partial charge in [-0.25, -0.2) is 15.0 Å². The van der Waals surface area contributed by atoms with Crippen LogP contribution in [-0.4, -0.2) is 19.5 Å². The first-order valence-corrected chi connectivity index (χ1v) is 20.2. The van der Waals surface area contributed by atoms with E-state index in [1.54, 1.807) is 0 Å². The second kappa shape index (κ2) is 13.8. The summed E-state index contributed by atoms with van der Waals surface area (Å²) in [5.41, 5.74) is 12.4. The number of aromatic nitrogens is 4. The third kappa shape index (κ3) is 5.67. The molecule has 0 saturated heterocycles. The summed E-state index contributed by atoms with van der Waals surface area (Å²) in [5, 5.41) is 6.85. The third-order valence-electron chi connectivity index (χ3n) is 11.6. The predicted octanol–water partition coefficient (Wildman–Crippen LogP) is 14.4. The number of hydrogen-bond donors (Lipinski definition) is 0. The van der Waals surface area contributed by atoms with Crippen molar-refractivity contribution >= 4 is 54.5 Å². The van der Waals surface area contributed by atoms with E-state index in [4.69, 9.17) is 19.4 Å². The molecule has 12 aromatic rings. The van der Waals surface area contributed by atoms with Crippen LogP contribution in [0.2, 0.25) is 0 Å². The molecule has 0 radical (unpaired) electrons. The summed E-state index contributed by atoms with van der Waals surface area (Å²) in [7, 11) is 0. The molecule has 0 saturated carbocycles. The van der Waals surface area contributed by atoms with Gasteiger partial charge in [0.15, 0.2) is 17.5 Å². The molecule has 5 heteroatoms. The molecular weight excluding hydrogens is 733 g/mol. The fourth-order valence-electron chi connectivity index (χ4n) is 8.73. The molecule has 0 aliphatic carbocycles. The summed E-state index contributed by atoms with van der Waals surface area (Å²) in [6, 6.07) is 72.4. The highest BCUT2D eigenvalue weighted by Crippen LogP contribution is 2.41. The number of furan rings is 1. The van der Waals surface area contributed by atoms with Crippen LogP contribution < -0.4 is 0 Å². The van der Waals surface area contributed by atoms with Gasteiger partial charge in [-0.15, -0.1) is 0 Å². The normalized spacial score (nSPS) is 11.7. The van der Waals surface area contributed by atoms with Gasteiger partial charge in [-0.3, -0.25) is 0 Å². The molecular formula is C55H34N4O. The average molecular weight is 767 g/mol. The van der Waals surface area contributed by atoms with Crippen molar-refractivity contribution in [2.45, 2.75) is 0 Å². The van der Waals surface area contributed by atoms with Gasteiger partial charge in [0, 0.05) is 43.9 Å². The lowest BCUT2D eigenvalue weighted by Crippen LogP contribution is -2.00. The zero-order valence-corrected chi connectivity index (χ0v) is 32.3. The zero-order chi connectivity index (χ0) is 39.6. The number of benzene rings is 9. The van der Waals surface area contributed by atoms with Crippen molar-refractivity contribution < 1.29 is 4.42 Å². The summed E-state index contributed by atoms with van der Waals surface area (Å²) < 4.78 is 8.90. The number of para-hydroxylation sites is 1. The average Bonchev–Trinajstić information content (AvgIpc) is 3.87. The summed E-state index contributed by atoms with van der Waals surface area (Å²) in [5.74, 6) is 1.84. The van der Waals surface area contributed by atoms with Crippen LogP contribution in [0.1, 0.15) is 0 Å². The van der Waals surface area contributed by atoms with Gasteiger partial charge < -0.3 is 8.98 Å². The molecule has 3 aromatic heterocycles. The van der Waals surface area contributed by atoms with Crippen LogP contribution in [0.4, 0.5) is 0 Å². The lowest BCUT2D eigenvalue weighted by Gasteiger charge is -2.09. The van der Waals surface area contributed by atoms with Gasteiger partial charge in [-0.1, -0.05) is 146 Å². The summed E-state index contributed by atoms with van der Waals surface area (Å²) in [6.45, 7) is 0. The van der Waals surface area contributed by atoms with Crippen LogP contribution in [0.15, 0.2) is 211 Å². The Kier molecular flexibility index (Phi) is 7.78. The van der Waals surface area contributed by atoms with Crippen molar-refractivity contribution in [1.82, 2.24) is 19.5 Å². The minimum absolute atomic E-state index is 0.596. The van der Waals surface area contributed by atoms with Crippen LogP contribution in [0.3, 0.4) is 0 Å². The van der Waals surface area contributed by atoms with E-state index in [0.29, 0.717) is 17.5 Å². The van der Waals surface area contributed by atoms with Gasteiger partial charge >= 0.3 is 0 Å². The Hall–Kier alpha value is -8.15. The van der Waals surface area contributed by atoms with E-state index < -0.39 is 0 Å². The van der Waals surface area contributed by atoms with Crippen molar-refractivity contribution in [3.05, 3.63) is 206 Å². The topological polar surface area (TPSA) is 56.7 Å². The first-order chi connectivity index (χ1) is 29.7. The molecule has 0 fully saturated rings. The summed E-state index contributed by atoms with van der Waals surface area (Å²) in [6.07, 6.45) is 0. The monoisotopic (exact) mass is 766 g/mol. The van der Waals surface area contributed by atoms with E-state index >= 15 is 0 Å². The molecule has 5 nitrogen and oxygen atoms in total. The second-order valence-electron chi connectivity index (χ2n) is 15.2. The fourth-order valence-corrected chi connectivity index (χ4v) is 8.73. The van der Waals surface area contributed by atoms with Crippen molar-refractivity contribution in [2.24, 2.45) is 0 Å². The van der Waals surface area contributed by atoms with E-state index in [1.165, 1.54) is 38.2 Å². The Bertz CT molecular complexity index is 3530. The largest absolute Gasteiger partial charge is 0.456 e. The highest BCUT2D eigenvalue weighted by molar-refractivity contribution is 6.14. The molecule has 0 unspecified atom stereocenters. The molecule has 0 N–H and O–H groups in total. The quantitative estimate of drug-likeness (QED) is 0.169. The van der Waals surface area contributed by atoms with Crippen LogP contribution in [0, 0.1) is 0 Å². The molecule has 12 rings (SSSR count). The van der Waals surface area contributed by atoms with Crippen LogP contribution >= 0.6 is 0 Å². The lowest BCUT2D eigenvalue weighted by molar-refractivity contribution is 0.669. The van der Waals surface area contributed by atoms with Crippen molar-refractivity contribution in [3.8, 4) is 62.1 Å². The molecule has 0 aliphatic rings. The maximum Gasteiger partial charge on any atom is 0.164 e. The molecule has 0 spiro atoms. The Labute approximate surface area is 345 Å². The smallest absolute Gasteiger partial charge is 0.164 e. The SMILES string of the molecule is c1ccc(-c2nc(-c3ccccc3)nc(-c3cccc4oc5ccc(-c6ccc7c(c6)c6cc(-c8ccc9ccccc9c8)ccc6n7-c6ccccc6)cc5c34)n2)cc1. The highest BCUT2D eigenvalue weighted by atomic mass is 16.3. The van der Waals surface area contributed by atoms with E-state index in [1.807, 2.05) is 72.8 Å². The van der Waals surface area contributed by atoms with E-state index in [2.05, 4.69) is 138 Å². The van der Waals surface area contributed by atoms with E-state index in [-0.39, 0.29) is 0 Å². The third-order valence-corrected chi connectivity index (χ3v) is 11.6. The van der Waals surface area contributed by atoms with E-state index in [0.717, 1.165) is 61.0 Å². The minimum Gasteiger partial charge on any atom is -0.456 e. The second-order valence-corrected chi connectivity index (χ2v) is 15.2. The van der Waals surface area contributed by atoms with Gasteiger partial charge in [0.25, 0.3) is 0 Å². The first kappa shape index (κ1) is 33.9. The Morgan fingerprint density at radius 1 is 0.333 bits per heavy atom. The number of nitrogens with zero attached hydrogens (tertiary/aromatic N) is 4. The predicted molar refractivity (Wildman–Crippen MR) is 246 cm³/mol. The Balaban J connectivity index is 1.04. The summed E-state index contributed by atoms with van der Waals surface area (Å²) >= 11 is 0. The van der Waals surface area contributed by atoms with Gasteiger partial charge in [-0.2, -0.15) is 0 Å². The van der Waals surface area contributed by atoms with Crippen molar-refractivity contribution in [1.29, 1.82) is 0 Å². The molecule has 3 heterocycles. The van der Waals surface area contributed by atoms with Crippen LogP contribution in [0.25, 0.3) is 117 Å². The maximum absolute atomic E-state index is 6.52. The molecule has 0 aliphatic heterocycles. The number of rotatable bonds is 6. The molecule has 0 bridgehead atoms. The van der Waals surface area contributed by atoms with Crippen molar-refractivity contribution in [2.75, 3.05) is 0 Å². The van der Waals surface area contributed by atoms with Gasteiger partial charge in [0.2, 0.25) is 0 Å². The molecule has 0 amide bonds. The number of hydrogen-bond acceptors (Lipinski definition) is 4. The fraction of sp³-hybridized carbons (Fsp3) is 0. The summed E-state index contributed by atoms with van der Waals surface area (Å²) in [4.78, 5) is 15.1. The minimum atomic E-state index is 0.596. The van der Waals surface area contributed by atoms with Crippen LogP contribution in [0.5, 0.6) is 0 Å². The first-order valence-electron chi connectivity index (χ1n) is 20.2. The molecule has 60 heavy (non-hydrogen) atoms. The van der Waals surface area contributed by atoms with Crippen LogP contribution in [-0.2, 0) is 0 Å². The standard InChI is InChI=1S/C55H34N4O/c1-4-14-36(15-5-1)53-56-54(37-16-6-2-7-17-37)58-55(57-53)44-21-12-22-51-52(44)47-34-42(27-30-50(47)60-51)41-26-29-49-46(33-41)45-32-40(39-24-23-35-13-10-11-18-38(35)31-39)25-28-48(45)59(49)43-19-8-3-9-20-43/h1-34H. The molecule has 0 atom stereocenters. The van der Waals surface area contributed by atoms with Crippen molar-refractivity contribution in [3.63, 3.8) is 0 Å². The highest BCUT2D eigenvalue weighted by Gasteiger charge is 2.20. The lowest BCUT2D eigenvalue weighted by atomic mass is 9.97. The number of fused-ring (bicyclic) bond motifs is 7. The Morgan fingerprint density at radius 3 is 1.50 bits per heavy atom. The van der Waals surface area contributed by atoms with Gasteiger partial charge in [0.1, 0.15) is 11.2 Å². The van der Waals surface area contributed by atoms with E-state index in [9.17, 15) is 0 Å².